The number of hydrogen-bond donors (Lipinski definition) is 1. The Bertz CT molecular complexity index is 911. The van der Waals surface area contributed by atoms with Gasteiger partial charge in [0.2, 0.25) is 5.91 Å². The van der Waals surface area contributed by atoms with Gasteiger partial charge in [-0.1, -0.05) is 25.1 Å². The minimum atomic E-state index is -0.934. The van der Waals surface area contributed by atoms with E-state index in [1.165, 1.54) is 11.0 Å². The molecule has 0 spiro atoms. The monoisotopic (exact) mass is 402 g/mol. The van der Waals surface area contributed by atoms with E-state index in [0.717, 1.165) is 24.1 Å². The third-order valence-electron chi connectivity index (χ3n) is 4.69. The molecule has 29 heavy (non-hydrogen) atoms. The van der Waals surface area contributed by atoms with Crippen LogP contribution in [0.4, 0.5) is 20.2 Å². The molecule has 2 aromatic rings. The Kier molecular flexibility index (Phi) is 6.21. The second-order valence-corrected chi connectivity index (χ2v) is 6.68. The van der Waals surface area contributed by atoms with E-state index in [1.54, 1.807) is 0 Å². The van der Waals surface area contributed by atoms with Gasteiger partial charge in [0.25, 0.3) is 5.91 Å². The van der Waals surface area contributed by atoms with Crippen molar-refractivity contribution in [2.45, 2.75) is 19.8 Å². The van der Waals surface area contributed by atoms with Gasteiger partial charge in [-0.3, -0.25) is 14.4 Å². The summed E-state index contributed by atoms with van der Waals surface area (Å²) < 4.78 is 32.0. The van der Waals surface area contributed by atoms with E-state index in [-0.39, 0.29) is 18.9 Å². The number of carbonyl (C=O) groups excluding carboxylic acids is 3. The first kappa shape index (κ1) is 20.4. The number of halogens is 2. The Morgan fingerprint density at radius 3 is 2.41 bits per heavy atom. The van der Waals surface area contributed by atoms with Crippen LogP contribution in [0.5, 0.6) is 0 Å². The zero-order valence-corrected chi connectivity index (χ0v) is 15.8. The van der Waals surface area contributed by atoms with Crippen molar-refractivity contribution in [1.82, 2.24) is 0 Å². The van der Waals surface area contributed by atoms with Crippen LogP contribution in [0, 0.1) is 17.6 Å². The number of ether oxygens (including phenoxy) is 1. The van der Waals surface area contributed by atoms with Crippen LogP contribution in [0.15, 0.2) is 42.5 Å². The molecular formula is C21H20F2N2O4. The first-order valence-electron chi connectivity index (χ1n) is 9.18. The average Bonchev–Trinajstić information content (AvgIpc) is 3.11. The lowest BCUT2D eigenvalue weighted by Crippen LogP contribution is -2.28. The molecule has 0 saturated carbocycles. The lowest BCUT2D eigenvalue weighted by Gasteiger charge is -2.17. The summed E-state index contributed by atoms with van der Waals surface area (Å²) in [6.45, 7) is 1.47. The van der Waals surface area contributed by atoms with E-state index in [2.05, 4.69) is 0 Å². The summed E-state index contributed by atoms with van der Waals surface area (Å²) in [7, 11) is 0. The molecule has 0 bridgehead atoms. The number of anilines is 2. The molecule has 1 atom stereocenters. The zero-order valence-electron chi connectivity index (χ0n) is 15.8. The van der Waals surface area contributed by atoms with Crippen LogP contribution in [0.3, 0.4) is 0 Å². The summed E-state index contributed by atoms with van der Waals surface area (Å²) in [6.07, 6.45) is 0.847. The Labute approximate surface area is 166 Å². The number of aryl methyl sites for hydroxylation is 1. The van der Waals surface area contributed by atoms with E-state index in [4.69, 9.17) is 4.74 Å². The first-order valence-corrected chi connectivity index (χ1v) is 9.18. The molecule has 1 heterocycles. The van der Waals surface area contributed by atoms with E-state index in [9.17, 15) is 23.2 Å². The molecule has 6 nitrogen and oxygen atoms in total. The molecule has 0 unspecified atom stereocenters. The number of benzene rings is 2. The summed E-state index contributed by atoms with van der Waals surface area (Å²) in [6, 6.07) is 10.6. The van der Waals surface area contributed by atoms with E-state index < -0.39 is 41.7 Å². The largest absolute Gasteiger partial charge is 0.455 e. The lowest BCUT2D eigenvalue weighted by atomic mass is 10.1. The molecule has 8 heteroatoms. The SMILES string of the molecule is CCc1ccc(N2C[C@H](C(=O)OCC(=O)Nc3c(F)cccc3F)CC2=O)cc1. The van der Waals surface area contributed by atoms with Crippen molar-refractivity contribution in [1.29, 1.82) is 0 Å². The van der Waals surface area contributed by atoms with E-state index >= 15 is 0 Å². The smallest absolute Gasteiger partial charge is 0.311 e. The molecule has 1 fully saturated rings. The van der Waals surface area contributed by atoms with Crippen LogP contribution in [0.2, 0.25) is 0 Å². The van der Waals surface area contributed by atoms with Gasteiger partial charge in [0.1, 0.15) is 17.3 Å². The molecule has 2 amide bonds. The maximum absolute atomic E-state index is 13.5. The fourth-order valence-corrected chi connectivity index (χ4v) is 3.07. The van der Waals surface area contributed by atoms with Crippen molar-refractivity contribution in [3.8, 4) is 0 Å². The van der Waals surface area contributed by atoms with Gasteiger partial charge in [-0.15, -0.1) is 0 Å². The normalized spacial score (nSPS) is 16.0. The predicted molar refractivity (Wildman–Crippen MR) is 102 cm³/mol. The number of nitrogens with zero attached hydrogens (tertiary/aromatic N) is 1. The molecule has 2 aromatic carbocycles. The Morgan fingerprint density at radius 2 is 1.79 bits per heavy atom. The minimum Gasteiger partial charge on any atom is -0.455 e. The fraction of sp³-hybridized carbons (Fsp3) is 0.286. The summed E-state index contributed by atoms with van der Waals surface area (Å²) >= 11 is 0. The van der Waals surface area contributed by atoms with Crippen molar-refractivity contribution >= 4 is 29.2 Å². The molecule has 0 aromatic heterocycles. The highest BCUT2D eigenvalue weighted by Crippen LogP contribution is 2.26. The maximum Gasteiger partial charge on any atom is 0.311 e. The van der Waals surface area contributed by atoms with Gasteiger partial charge in [0, 0.05) is 18.7 Å². The van der Waals surface area contributed by atoms with Crippen LogP contribution in [0.25, 0.3) is 0 Å². The van der Waals surface area contributed by atoms with Gasteiger partial charge < -0.3 is 15.0 Å². The van der Waals surface area contributed by atoms with Gasteiger partial charge in [-0.05, 0) is 36.2 Å². The Balaban J connectivity index is 1.54. The van der Waals surface area contributed by atoms with Crippen molar-refractivity contribution < 1.29 is 27.9 Å². The topological polar surface area (TPSA) is 75.7 Å². The Hall–Kier alpha value is -3.29. The highest BCUT2D eigenvalue weighted by Gasteiger charge is 2.36. The van der Waals surface area contributed by atoms with E-state index in [1.807, 2.05) is 36.5 Å². The molecule has 1 aliphatic heterocycles. The van der Waals surface area contributed by atoms with Crippen LogP contribution < -0.4 is 10.2 Å². The third-order valence-corrected chi connectivity index (χ3v) is 4.69. The van der Waals surface area contributed by atoms with Gasteiger partial charge in [0.05, 0.1) is 5.92 Å². The maximum atomic E-state index is 13.5. The third kappa shape index (κ3) is 4.77. The number of hydrogen-bond acceptors (Lipinski definition) is 4. The first-order chi connectivity index (χ1) is 13.9. The van der Waals surface area contributed by atoms with Gasteiger partial charge in [-0.25, -0.2) is 8.78 Å². The highest BCUT2D eigenvalue weighted by atomic mass is 19.1. The fourth-order valence-electron chi connectivity index (χ4n) is 3.07. The van der Waals surface area contributed by atoms with Crippen molar-refractivity contribution in [3.63, 3.8) is 0 Å². The number of nitrogens with one attached hydrogen (secondary N) is 1. The number of rotatable bonds is 6. The quantitative estimate of drug-likeness (QED) is 0.754. The summed E-state index contributed by atoms with van der Waals surface area (Å²) in [5.41, 5.74) is 1.22. The zero-order chi connectivity index (χ0) is 21.0. The molecule has 1 N–H and O–H groups in total. The van der Waals surface area contributed by atoms with Crippen LogP contribution >= 0.6 is 0 Å². The molecule has 1 aliphatic rings. The highest BCUT2D eigenvalue weighted by molar-refractivity contribution is 6.00. The van der Waals surface area contributed by atoms with Crippen molar-refractivity contribution in [3.05, 3.63) is 59.7 Å². The lowest BCUT2D eigenvalue weighted by molar-refractivity contribution is -0.151. The Morgan fingerprint density at radius 1 is 1.14 bits per heavy atom. The van der Waals surface area contributed by atoms with Crippen LogP contribution in [-0.2, 0) is 25.5 Å². The summed E-state index contributed by atoms with van der Waals surface area (Å²) in [5, 5.41) is 2.04. The second kappa shape index (κ2) is 8.81. The molecule has 1 saturated heterocycles. The van der Waals surface area contributed by atoms with Crippen molar-refractivity contribution in [2.24, 2.45) is 5.92 Å². The minimum absolute atomic E-state index is 0.0298. The molecule has 0 radical (unpaired) electrons. The van der Waals surface area contributed by atoms with E-state index in [0.29, 0.717) is 5.69 Å². The van der Waals surface area contributed by atoms with Gasteiger partial charge in [0.15, 0.2) is 6.61 Å². The number of esters is 1. The van der Waals surface area contributed by atoms with Crippen LogP contribution in [-0.4, -0.2) is 30.9 Å². The standard InChI is InChI=1S/C21H20F2N2O4/c1-2-13-6-8-15(9-7-13)25-11-14(10-19(25)27)21(28)29-12-18(26)24-20-16(22)4-3-5-17(20)23/h3-9,14H,2,10-12H2,1H3,(H,24,26)/t14-/m1/s1. The molecule has 0 aliphatic carbocycles. The number of para-hydroxylation sites is 1. The molecular weight excluding hydrogens is 382 g/mol. The molecule has 3 rings (SSSR count). The van der Waals surface area contributed by atoms with Gasteiger partial charge in [-0.2, -0.15) is 0 Å². The summed E-state index contributed by atoms with van der Waals surface area (Å²) in [4.78, 5) is 37.8. The summed E-state index contributed by atoms with van der Waals surface area (Å²) in [5.74, 6) is -4.39. The van der Waals surface area contributed by atoms with Crippen molar-refractivity contribution in [2.75, 3.05) is 23.4 Å². The van der Waals surface area contributed by atoms with Crippen LogP contribution in [0.1, 0.15) is 18.9 Å². The molecule has 152 valence electrons. The second-order valence-electron chi connectivity index (χ2n) is 6.68. The predicted octanol–water partition coefficient (Wildman–Crippen LogP) is 3.06. The number of carbonyl (C=O) groups is 3. The average molecular weight is 402 g/mol. The van der Waals surface area contributed by atoms with Gasteiger partial charge >= 0.3 is 5.97 Å². The number of amides is 2.